The van der Waals surface area contributed by atoms with Crippen molar-refractivity contribution in [3.63, 3.8) is 0 Å². The second kappa shape index (κ2) is 7.13. The van der Waals surface area contributed by atoms with Crippen molar-refractivity contribution in [3.05, 3.63) is 33.8 Å². The lowest BCUT2D eigenvalue weighted by Crippen LogP contribution is -2.37. The maximum absolute atomic E-state index is 6.38. The highest BCUT2D eigenvalue weighted by Crippen LogP contribution is 2.38. The van der Waals surface area contributed by atoms with E-state index in [1.165, 1.54) is 19.3 Å². The van der Waals surface area contributed by atoms with E-state index >= 15 is 0 Å². The van der Waals surface area contributed by atoms with Crippen LogP contribution in [0.4, 0.5) is 0 Å². The number of nitrogens with two attached hydrogens (primary N) is 1. The summed E-state index contributed by atoms with van der Waals surface area (Å²) in [5, 5.41) is 1.27. The highest BCUT2D eigenvalue weighted by Gasteiger charge is 2.34. The first-order valence-electron chi connectivity index (χ1n) is 7.44. The molecule has 1 aliphatic carbocycles. The number of hydrogen-bond acceptors (Lipinski definition) is 2. The summed E-state index contributed by atoms with van der Waals surface area (Å²) in [6.07, 6.45) is 3.73. The Bertz CT molecular complexity index is 444. The third-order valence-electron chi connectivity index (χ3n) is 3.94. The third kappa shape index (κ3) is 3.88. The molecule has 112 valence electrons. The summed E-state index contributed by atoms with van der Waals surface area (Å²) in [6.45, 7) is 6.17. The van der Waals surface area contributed by atoms with Gasteiger partial charge in [0.1, 0.15) is 0 Å². The highest BCUT2D eigenvalue weighted by molar-refractivity contribution is 6.42. The van der Waals surface area contributed by atoms with Gasteiger partial charge in [-0.2, -0.15) is 0 Å². The molecular weight excluding hydrogens is 291 g/mol. The van der Waals surface area contributed by atoms with Crippen molar-refractivity contribution < 1.29 is 0 Å². The van der Waals surface area contributed by atoms with Crippen molar-refractivity contribution in [2.24, 2.45) is 11.7 Å². The van der Waals surface area contributed by atoms with E-state index in [4.69, 9.17) is 28.9 Å². The van der Waals surface area contributed by atoms with Gasteiger partial charge in [0.2, 0.25) is 0 Å². The van der Waals surface area contributed by atoms with E-state index in [9.17, 15) is 0 Å². The van der Waals surface area contributed by atoms with E-state index in [0.717, 1.165) is 12.1 Å². The molecule has 2 rings (SSSR count). The molecule has 2 N–H and O–H groups in total. The Morgan fingerprint density at radius 3 is 2.55 bits per heavy atom. The van der Waals surface area contributed by atoms with Crippen LogP contribution in [0.25, 0.3) is 0 Å². The van der Waals surface area contributed by atoms with Crippen LogP contribution >= 0.6 is 23.2 Å². The minimum absolute atomic E-state index is 0.174. The van der Waals surface area contributed by atoms with Crippen molar-refractivity contribution in [3.8, 4) is 0 Å². The standard InChI is InChI=1S/C16H24Cl2N2/c1-11(2)8-9-20(12-6-7-12)15(10-19)13-4-3-5-14(17)16(13)18/h3-5,11-12,15H,6-10,19H2,1-2H3. The Balaban J connectivity index is 2.21. The van der Waals surface area contributed by atoms with Crippen molar-refractivity contribution in [1.29, 1.82) is 0 Å². The normalized spacial score (nSPS) is 16.9. The van der Waals surface area contributed by atoms with Gasteiger partial charge in [-0.15, -0.1) is 0 Å². The highest BCUT2D eigenvalue weighted by atomic mass is 35.5. The fourth-order valence-corrected chi connectivity index (χ4v) is 3.06. The quantitative estimate of drug-likeness (QED) is 0.802. The van der Waals surface area contributed by atoms with Crippen LogP contribution in [0.3, 0.4) is 0 Å². The van der Waals surface area contributed by atoms with E-state index in [1.54, 1.807) is 0 Å². The number of hydrogen-bond donors (Lipinski definition) is 1. The smallest absolute Gasteiger partial charge is 0.0640 e. The summed E-state index contributed by atoms with van der Waals surface area (Å²) in [4.78, 5) is 2.53. The van der Waals surface area contributed by atoms with Gasteiger partial charge in [0.05, 0.1) is 10.0 Å². The molecule has 0 aliphatic heterocycles. The van der Waals surface area contributed by atoms with Gasteiger partial charge in [0.25, 0.3) is 0 Å². The van der Waals surface area contributed by atoms with Crippen LogP contribution in [0, 0.1) is 5.92 Å². The van der Waals surface area contributed by atoms with E-state index < -0.39 is 0 Å². The molecule has 0 radical (unpaired) electrons. The molecule has 20 heavy (non-hydrogen) atoms. The van der Waals surface area contributed by atoms with Crippen molar-refractivity contribution >= 4 is 23.2 Å². The molecule has 4 heteroatoms. The van der Waals surface area contributed by atoms with E-state index in [2.05, 4.69) is 24.8 Å². The van der Waals surface area contributed by atoms with Crippen LogP contribution in [0.15, 0.2) is 18.2 Å². The van der Waals surface area contributed by atoms with Crippen LogP contribution in [0.5, 0.6) is 0 Å². The van der Waals surface area contributed by atoms with Crippen LogP contribution in [0.1, 0.15) is 44.7 Å². The lowest BCUT2D eigenvalue weighted by Gasteiger charge is -2.32. The SMILES string of the molecule is CC(C)CCN(C1CC1)C(CN)c1cccc(Cl)c1Cl. The minimum Gasteiger partial charge on any atom is -0.329 e. The summed E-state index contributed by atoms with van der Waals surface area (Å²) in [7, 11) is 0. The fourth-order valence-electron chi connectivity index (χ4n) is 2.63. The van der Waals surface area contributed by atoms with Crippen LogP contribution in [-0.2, 0) is 0 Å². The van der Waals surface area contributed by atoms with Gasteiger partial charge in [-0.05, 0) is 43.4 Å². The third-order valence-corrected chi connectivity index (χ3v) is 4.78. The second-order valence-electron chi connectivity index (χ2n) is 6.05. The molecule has 0 bridgehead atoms. The molecule has 0 amide bonds. The molecule has 1 atom stereocenters. The summed E-state index contributed by atoms with van der Waals surface area (Å²) in [6, 6.07) is 6.68. The Labute approximate surface area is 132 Å². The van der Waals surface area contributed by atoms with Crippen molar-refractivity contribution in [2.75, 3.05) is 13.1 Å². The number of nitrogens with zero attached hydrogens (tertiary/aromatic N) is 1. The molecule has 1 aromatic carbocycles. The summed E-state index contributed by atoms with van der Waals surface area (Å²) in [5.41, 5.74) is 7.12. The van der Waals surface area contributed by atoms with Gasteiger partial charge in [-0.25, -0.2) is 0 Å². The molecule has 2 nitrogen and oxygen atoms in total. The van der Waals surface area contributed by atoms with Gasteiger partial charge in [0.15, 0.2) is 0 Å². The predicted molar refractivity (Wildman–Crippen MR) is 87.4 cm³/mol. The molecule has 0 aromatic heterocycles. The first-order valence-corrected chi connectivity index (χ1v) is 8.20. The molecular formula is C16H24Cl2N2. The van der Waals surface area contributed by atoms with Crippen LogP contribution in [-0.4, -0.2) is 24.0 Å². The van der Waals surface area contributed by atoms with Crippen molar-refractivity contribution in [2.45, 2.75) is 45.2 Å². The zero-order valence-electron chi connectivity index (χ0n) is 12.3. The average molecular weight is 315 g/mol. The molecule has 0 saturated heterocycles. The molecule has 1 aliphatic rings. The molecule has 1 unspecified atom stereocenters. The molecule has 0 heterocycles. The van der Waals surface area contributed by atoms with Gasteiger partial charge in [-0.1, -0.05) is 49.2 Å². The Hall–Kier alpha value is -0.280. The van der Waals surface area contributed by atoms with Crippen LogP contribution < -0.4 is 5.73 Å². The predicted octanol–water partition coefficient (Wildman–Crippen LogP) is 4.50. The number of rotatable bonds is 7. The maximum atomic E-state index is 6.38. The van der Waals surface area contributed by atoms with Crippen molar-refractivity contribution in [1.82, 2.24) is 4.90 Å². The minimum atomic E-state index is 0.174. The van der Waals surface area contributed by atoms with E-state index in [1.807, 2.05) is 12.1 Å². The molecule has 1 fully saturated rings. The summed E-state index contributed by atoms with van der Waals surface area (Å²) < 4.78 is 0. The van der Waals surface area contributed by atoms with Crippen LogP contribution in [0.2, 0.25) is 10.0 Å². The average Bonchev–Trinajstić information content (AvgIpc) is 3.22. The summed E-state index contributed by atoms with van der Waals surface area (Å²) >= 11 is 12.5. The van der Waals surface area contributed by atoms with Gasteiger partial charge < -0.3 is 5.73 Å². The monoisotopic (exact) mass is 314 g/mol. The number of halogens is 2. The Morgan fingerprint density at radius 1 is 1.30 bits per heavy atom. The molecule has 0 spiro atoms. The molecule has 1 saturated carbocycles. The largest absolute Gasteiger partial charge is 0.329 e. The maximum Gasteiger partial charge on any atom is 0.0640 e. The van der Waals surface area contributed by atoms with Gasteiger partial charge in [-0.3, -0.25) is 4.90 Å². The van der Waals surface area contributed by atoms with E-state index in [0.29, 0.717) is 28.5 Å². The Morgan fingerprint density at radius 2 is 2.00 bits per heavy atom. The fraction of sp³-hybridized carbons (Fsp3) is 0.625. The zero-order valence-corrected chi connectivity index (χ0v) is 13.8. The zero-order chi connectivity index (χ0) is 14.7. The lowest BCUT2D eigenvalue weighted by atomic mass is 10.0. The molecule has 1 aromatic rings. The summed E-state index contributed by atoms with van der Waals surface area (Å²) in [5.74, 6) is 0.699. The Kier molecular flexibility index (Phi) is 5.74. The first kappa shape index (κ1) is 16.1. The number of benzene rings is 1. The topological polar surface area (TPSA) is 29.3 Å². The van der Waals surface area contributed by atoms with Gasteiger partial charge >= 0.3 is 0 Å². The first-order chi connectivity index (χ1) is 9.54. The van der Waals surface area contributed by atoms with Gasteiger partial charge in [0, 0.05) is 18.6 Å². The lowest BCUT2D eigenvalue weighted by molar-refractivity contribution is 0.181. The van der Waals surface area contributed by atoms with E-state index in [-0.39, 0.29) is 6.04 Å². The second-order valence-corrected chi connectivity index (χ2v) is 6.83.